The number of para-hydroxylation sites is 1. The number of aromatic hydroxyl groups is 1. The molecule has 2 aromatic rings. The first-order valence-electron chi connectivity index (χ1n) is 8.88. The molecule has 1 atom stereocenters. The van der Waals surface area contributed by atoms with Crippen molar-refractivity contribution in [2.45, 2.75) is 38.9 Å². The van der Waals surface area contributed by atoms with E-state index in [1.165, 1.54) is 18.4 Å². The van der Waals surface area contributed by atoms with Crippen LogP contribution in [0.3, 0.4) is 0 Å². The Morgan fingerprint density at radius 3 is 2.75 bits per heavy atom. The third kappa shape index (κ3) is 4.34. The van der Waals surface area contributed by atoms with Gasteiger partial charge in [-0.2, -0.15) is 0 Å². The molecule has 0 unspecified atom stereocenters. The molecule has 0 saturated carbocycles. The van der Waals surface area contributed by atoms with Crippen LogP contribution in [0.25, 0.3) is 0 Å². The maximum atomic E-state index is 10.0. The third-order valence-corrected chi connectivity index (χ3v) is 4.92. The van der Waals surface area contributed by atoms with Gasteiger partial charge in [0.05, 0.1) is 0 Å². The van der Waals surface area contributed by atoms with E-state index < -0.39 is 0 Å². The van der Waals surface area contributed by atoms with E-state index in [9.17, 15) is 5.11 Å². The lowest BCUT2D eigenvalue weighted by molar-refractivity contribution is 0.0913. The highest BCUT2D eigenvalue weighted by atomic mass is 16.3. The Morgan fingerprint density at radius 2 is 2.00 bits per heavy atom. The van der Waals surface area contributed by atoms with Crippen molar-refractivity contribution < 1.29 is 5.11 Å². The predicted molar refractivity (Wildman–Crippen MR) is 96.7 cm³/mol. The first kappa shape index (κ1) is 16.9. The van der Waals surface area contributed by atoms with Gasteiger partial charge < -0.3 is 5.11 Å². The molecular formula is C20H27N3O. The molecule has 0 spiro atoms. The zero-order valence-corrected chi connectivity index (χ0v) is 14.4. The number of likely N-dealkylation sites (N-methyl/N-ethyl adjacent to an activating group) is 1. The Hall–Kier alpha value is -1.91. The van der Waals surface area contributed by atoms with Gasteiger partial charge in [-0.1, -0.05) is 25.1 Å². The van der Waals surface area contributed by atoms with E-state index in [0.717, 1.165) is 38.3 Å². The van der Waals surface area contributed by atoms with E-state index >= 15 is 0 Å². The van der Waals surface area contributed by atoms with E-state index in [4.69, 9.17) is 0 Å². The van der Waals surface area contributed by atoms with E-state index in [1.54, 1.807) is 6.07 Å². The number of rotatable bonds is 6. The van der Waals surface area contributed by atoms with Gasteiger partial charge in [-0.3, -0.25) is 14.8 Å². The third-order valence-electron chi connectivity index (χ3n) is 4.92. The highest BCUT2D eigenvalue weighted by Gasteiger charge is 2.25. The Balaban J connectivity index is 1.62. The minimum absolute atomic E-state index is 0.406. The van der Waals surface area contributed by atoms with Gasteiger partial charge in [0.25, 0.3) is 0 Å². The number of aromatic nitrogens is 1. The minimum atomic E-state index is 0.406. The van der Waals surface area contributed by atoms with Gasteiger partial charge in [0.2, 0.25) is 0 Å². The fourth-order valence-electron chi connectivity index (χ4n) is 3.58. The topological polar surface area (TPSA) is 39.6 Å². The molecule has 1 aromatic carbocycles. The smallest absolute Gasteiger partial charge is 0.120 e. The zero-order valence-electron chi connectivity index (χ0n) is 14.4. The van der Waals surface area contributed by atoms with E-state index in [1.807, 2.05) is 30.6 Å². The lowest BCUT2D eigenvalue weighted by Gasteiger charge is -2.39. The summed E-state index contributed by atoms with van der Waals surface area (Å²) in [6.45, 7) is 7.27. The minimum Gasteiger partial charge on any atom is -0.508 e. The van der Waals surface area contributed by atoms with Crippen LogP contribution in [0.2, 0.25) is 0 Å². The summed E-state index contributed by atoms with van der Waals surface area (Å²) < 4.78 is 0. The average Bonchev–Trinajstić information content (AvgIpc) is 2.63. The highest BCUT2D eigenvalue weighted by molar-refractivity contribution is 5.31. The lowest BCUT2D eigenvalue weighted by Crippen LogP contribution is -2.47. The quantitative estimate of drug-likeness (QED) is 0.885. The normalized spacial score (nSPS) is 18.8. The Bertz CT molecular complexity index is 632. The fraction of sp³-hybridized carbons (Fsp3) is 0.450. The van der Waals surface area contributed by atoms with E-state index in [0.29, 0.717) is 11.8 Å². The fourth-order valence-corrected chi connectivity index (χ4v) is 3.58. The Kier molecular flexibility index (Phi) is 5.83. The second kappa shape index (κ2) is 8.27. The highest BCUT2D eigenvalue weighted by Crippen LogP contribution is 2.23. The maximum Gasteiger partial charge on any atom is 0.120 e. The summed E-state index contributed by atoms with van der Waals surface area (Å²) in [6, 6.07) is 12.5. The van der Waals surface area contributed by atoms with Gasteiger partial charge in [-0.15, -0.1) is 0 Å². The van der Waals surface area contributed by atoms with Crippen LogP contribution in [0.15, 0.2) is 48.8 Å². The molecule has 0 aliphatic carbocycles. The van der Waals surface area contributed by atoms with Crippen LogP contribution >= 0.6 is 0 Å². The molecule has 1 aromatic heterocycles. The van der Waals surface area contributed by atoms with Crippen molar-refractivity contribution in [3.63, 3.8) is 0 Å². The van der Waals surface area contributed by atoms with Crippen LogP contribution in [0, 0.1) is 0 Å². The number of likely N-dealkylation sites (tertiary alicyclic amines) is 1. The van der Waals surface area contributed by atoms with Crippen LogP contribution < -0.4 is 0 Å². The lowest BCUT2D eigenvalue weighted by atomic mass is 10.0. The van der Waals surface area contributed by atoms with Crippen molar-refractivity contribution in [3.8, 4) is 5.75 Å². The summed E-state index contributed by atoms with van der Waals surface area (Å²) in [4.78, 5) is 9.14. The molecular weight excluding hydrogens is 298 g/mol. The van der Waals surface area contributed by atoms with Crippen molar-refractivity contribution in [2.75, 3.05) is 19.6 Å². The molecule has 0 radical (unpaired) electrons. The van der Waals surface area contributed by atoms with Crippen molar-refractivity contribution in [1.29, 1.82) is 0 Å². The van der Waals surface area contributed by atoms with Crippen LogP contribution in [-0.4, -0.2) is 45.6 Å². The Morgan fingerprint density at radius 1 is 1.21 bits per heavy atom. The molecule has 4 nitrogen and oxygen atoms in total. The number of benzene rings is 1. The molecule has 0 amide bonds. The van der Waals surface area contributed by atoms with Crippen molar-refractivity contribution in [3.05, 3.63) is 59.9 Å². The van der Waals surface area contributed by atoms with E-state index in [2.05, 4.69) is 33.8 Å². The van der Waals surface area contributed by atoms with E-state index in [-0.39, 0.29) is 0 Å². The van der Waals surface area contributed by atoms with Crippen molar-refractivity contribution >= 4 is 0 Å². The van der Waals surface area contributed by atoms with Crippen molar-refractivity contribution in [1.82, 2.24) is 14.8 Å². The number of pyridine rings is 1. The Labute approximate surface area is 144 Å². The number of hydrogen-bond donors (Lipinski definition) is 1. The number of phenols is 1. The SMILES string of the molecule is CCN(Cc1ccncc1)[C@H]1CCCN(Cc2ccccc2O)C1. The average molecular weight is 325 g/mol. The molecule has 1 aliphatic heterocycles. The van der Waals surface area contributed by atoms with Crippen LogP contribution in [0.4, 0.5) is 0 Å². The molecule has 24 heavy (non-hydrogen) atoms. The standard InChI is InChI=1S/C20H27N3O/c1-2-23(14-17-9-11-21-12-10-17)19-7-5-13-22(16-19)15-18-6-3-4-8-20(18)24/h3-4,6,8-12,19,24H,2,5,7,13-16H2,1H3/t19-/m0/s1. The van der Waals surface area contributed by atoms with Gasteiger partial charge in [-0.25, -0.2) is 0 Å². The number of hydrogen-bond acceptors (Lipinski definition) is 4. The van der Waals surface area contributed by atoms with Crippen LogP contribution in [-0.2, 0) is 13.1 Å². The number of nitrogens with zero attached hydrogens (tertiary/aromatic N) is 3. The van der Waals surface area contributed by atoms with Gasteiger partial charge in [-0.05, 0) is 49.7 Å². The van der Waals surface area contributed by atoms with Crippen molar-refractivity contribution in [2.24, 2.45) is 0 Å². The molecule has 1 N–H and O–H groups in total. The molecule has 1 aliphatic rings. The summed E-state index contributed by atoms with van der Waals surface area (Å²) in [5.41, 5.74) is 2.35. The largest absolute Gasteiger partial charge is 0.508 e. The summed E-state index contributed by atoms with van der Waals surface area (Å²) in [7, 11) is 0. The second-order valence-electron chi connectivity index (χ2n) is 6.58. The summed E-state index contributed by atoms with van der Waals surface area (Å²) in [5.74, 6) is 0.406. The second-order valence-corrected chi connectivity index (χ2v) is 6.58. The van der Waals surface area contributed by atoms with Gasteiger partial charge in [0.1, 0.15) is 5.75 Å². The zero-order chi connectivity index (χ0) is 16.8. The number of phenolic OH excluding ortho intramolecular Hbond substituents is 1. The molecule has 0 bridgehead atoms. The first-order valence-corrected chi connectivity index (χ1v) is 8.88. The predicted octanol–water partition coefficient (Wildman–Crippen LogP) is 3.27. The molecule has 1 fully saturated rings. The maximum absolute atomic E-state index is 10.0. The van der Waals surface area contributed by atoms with Gasteiger partial charge in [0.15, 0.2) is 0 Å². The summed E-state index contributed by atoms with van der Waals surface area (Å²) >= 11 is 0. The van der Waals surface area contributed by atoms with Crippen LogP contribution in [0.5, 0.6) is 5.75 Å². The monoisotopic (exact) mass is 325 g/mol. The number of piperidine rings is 1. The first-order chi connectivity index (χ1) is 11.8. The molecule has 4 heteroatoms. The summed E-state index contributed by atoms with van der Waals surface area (Å²) in [5, 5.41) is 10.0. The molecule has 1 saturated heterocycles. The summed E-state index contributed by atoms with van der Waals surface area (Å²) in [6.07, 6.45) is 6.20. The molecule has 2 heterocycles. The molecule has 3 rings (SSSR count). The van der Waals surface area contributed by atoms with Gasteiger partial charge in [0, 0.05) is 43.6 Å². The van der Waals surface area contributed by atoms with Gasteiger partial charge >= 0.3 is 0 Å². The molecule has 128 valence electrons. The van der Waals surface area contributed by atoms with Crippen LogP contribution in [0.1, 0.15) is 30.9 Å².